The molecule has 0 unspecified atom stereocenters. The summed E-state index contributed by atoms with van der Waals surface area (Å²) in [6.45, 7) is 2.00. The largest absolute Gasteiger partial charge is 0.497 e. The second kappa shape index (κ2) is 9.46. The lowest BCUT2D eigenvalue weighted by molar-refractivity contribution is -0.384. The van der Waals surface area contributed by atoms with Crippen molar-refractivity contribution < 1.29 is 19.2 Å². The number of amides is 1. The second-order valence-corrected chi connectivity index (χ2v) is 8.30. The Morgan fingerprint density at radius 1 is 1.03 bits per heavy atom. The van der Waals surface area contributed by atoms with Gasteiger partial charge in [0.25, 0.3) is 5.69 Å². The molecule has 0 bridgehead atoms. The van der Waals surface area contributed by atoms with Crippen molar-refractivity contribution in [3.05, 3.63) is 58.1 Å². The number of hydrogen-bond acceptors (Lipinski definition) is 6. The monoisotopic (exact) mass is 439 g/mol. The van der Waals surface area contributed by atoms with Crippen molar-refractivity contribution in [1.29, 1.82) is 0 Å². The van der Waals surface area contributed by atoms with Crippen LogP contribution in [0, 0.1) is 16.0 Å². The second-order valence-electron chi connectivity index (χ2n) is 8.30. The minimum atomic E-state index is -0.344. The molecule has 170 valence electrons. The maximum atomic E-state index is 13.5. The first-order chi connectivity index (χ1) is 15.5. The fraction of sp³-hybridized carbons (Fsp3) is 0.458. The van der Waals surface area contributed by atoms with Gasteiger partial charge >= 0.3 is 0 Å². The number of nitro groups is 1. The van der Waals surface area contributed by atoms with E-state index < -0.39 is 0 Å². The summed E-state index contributed by atoms with van der Waals surface area (Å²) in [5.41, 5.74) is 1.75. The lowest BCUT2D eigenvalue weighted by Gasteiger charge is -2.36. The van der Waals surface area contributed by atoms with Gasteiger partial charge in [-0.2, -0.15) is 0 Å². The lowest BCUT2D eigenvalue weighted by Crippen LogP contribution is -2.42. The van der Waals surface area contributed by atoms with Crippen molar-refractivity contribution in [2.45, 2.75) is 31.7 Å². The molecule has 1 amide bonds. The summed E-state index contributed by atoms with van der Waals surface area (Å²) < 4.78 is 10.9. The van der Waals surface area contributed by atoms with Gasteiger partial charge in [0, 0.05) is 43.2 Å². The summed E-state index contributed by atoms with van der Waals surface area (Å²) in [5.74, 6) is 1.57. The van der Waals surface area contributed by atoms with E-state index in [2.05, 4.69) is 0 Å². The van der Waals surface area contributed by atoms with Crippen LogP contribution in [-0.2, 0) is 4.79 Å². The zero-order valence-corrected chi connectivity index (χ0v) is 18.5. The van der Waals surface area contributed by atoms with Gasteiger partial charge in [-0.05, 0) is 43.9 Å². The lowest BCUT2D eigenvalue weighted by atomic mass is 9.93. The van der Waals surface area contributed by atoms with Crippen LogP contribution in [-0.4, -0.2) is 49.6 Å². The molecule has 2 saturated heterocycles. The van der Waals surface area contributed by atoms with Gasteiger partial charge in [-0.25, -0.2) is 0 Å². The Kier molecular flexibility index (Phi) is 6.48. The topological polar surface area (TPSA) is 85.2 Å². The molecule has 8 heteroatoms. The number of ether oxygens (including phenoxy) is 2. The van der Waals surface area contributed by atoms with E-state index in [9.17, 15) is 14.9 Å². The zero-order valence-electron chi connectivity index (χ0n) is 18.5. The number of methoxy groups -OCH3 is 2. The Balaban J connectivity index is 1.46. The average molecular weight is 440 g/mol. The number of benzene rings is 2. The predicted molar refractivity (Wildman–Crippen MR) is 121 cm³/mol. The molecule has 32 heavy (non-hydrogen) atoms. The van der Waals surface area contributed by atoms with Crippen molar-refractivity contribution in [2.24, 2.45) is 5.92 Å². The van der Waals surface area contributed by atoms with E-state index in [0.717, 1.165) is 36.4 Å². The van der Waals surface area contributed by atoms with E-state index >= 15 is 0 Å². The molecule has 2 aliphatic rings. The third-order valence-corrected chi connectivity index (χ3v) is 6.60. The fourth-order valence-corrected chi connectivity index (χ4v) is 4.94. The number of hydrogen-bond donors (Lipinski definition) is 0. The minimum Gasteiger partial charge on any atom is -0.497 e. The van der Waals surface area contributed by atoms with Gasteiger partial charge in [-0.3, -0.25) is 14.9 Å². The zero-order chi connectivity index (χ0) is 22.7. The van der Waals surface area contributed by atoms with Crippen molar-refractivity contribution in [1.82, 2.24) is 4.90 Å². The highest BCUT2D eigenvalue weighted by Gasteiger charge is 2.37. The summed E-state index contributed by atoms with van der Waals surface area (Å²) in [4.78, 5) is 28.5. The SMILES string of the molecule is COc1ccc([C@@H]2CCCN2C(=O)C2CCN(c3ccccc3[N+](=O)[O-])CC2)c(OC)c1. The number of piperidine rings is 1. The first-order valence-electron chi connectivity index (χ1n) is 11.0. The van der Waals surface area contributed by atoms with E-state index in [-0.39, 0.29) is 28.5 Å². The molecule has 2 heterocycles. The standard InChI is InChI=1S/C24H29N3O5/c1-31-18-9-10-19(23(16-18)32-2)20-8-5-13-26(20)24(28)17-11-14-25(15-12-17)21-6-3-4-7-22(21)27(29)30/h3-4,6-7,9-10,16-17,20H,5,8,11-15H2,1-2H3/t20-/m0/s1. The van der Waals surface area contributed by atoms with E-state index in [4.69, 9.17) is 9.47 Å². The number of nitro benzene ring substituents is 1. The number of rotatable bonds is 6. The van der Waals surface area contributed by atoms with Gasteiger partial charge in [0.05, 0.1) is 25.2 Å². The maximum Gasteiger partial charge on any atom is 0.292 e. The Morgan fingerprint density at radius 3 is 2.47 bits per heavy atom. The Hall–Kier alpha value is -3.29. The molecule has 2 aromatic rings. The summed E-state index contributed by atoms with van der Waals surface area (Å²) in [5, 5.41) is 11.4. The predicted octanol–water partition coefficient (Wildman–Crippen LogP) is 4.19. The highest BCUT2D eigenvalue weighted by Crippen LogP contribution is 2.40. The molecule has 2 aromatic carbocycles. The van der Waals surface area contributed by atoms with Crippen molar-refractivity contribution in [3.8, 4) is 11.5 Å². The number of nitrogens with zero attached hydrogens (tertiary/aromatic N) is 3. The van der Waals surface area contributed by atoms with Crippen LogP contribution < -0.4 is 14.4 Å². The first-order valence-corrected chi connectivity index (χ1v) is 11.0. The number of likely N-dealkylation sites (tertiary alicyclic amines) is 1. The molecule has 0 spiro atoms. The molecule has 0 radical (unpaired) electrons. The molecule has 0 N–H and O–H groups in total. The maximum absolute atomic E-state index is 13.5. The molecule has 0 aliphatic carbocycles. The molecule has 2 aliphatic heterocycles. The normalized spacial score (nSPS) is 19.1. The van der Waals surface area contributed by atoms with Crippen molar-refractivity contribution in [3.63, 3.8) is 0 Å². The van der Waals surface area contributed by atoms with Crippen LogP contribution >= 0.6 is 0 Å². The highest BCUT2D eigenvalue weighted by atomic mass is 16.6. The highest BCUT2D eigenvalue weighted by molar-refractivity contribution is 5.80. The third kappa shape index (κ3) is 4.22. The Labute approximate surface area is 187 Å². The number of anilines is 1. The van der Waals surface area contributed by atoms with Crippen molar-refractivity contribution in [2.75, 3.05) is 38.8 Å². The van der Waals surface area contributed by atoms with Crippen LogP contribution in [0.1, 0.15) is 37.3 Å². The summed E-state index contributed by atoms with van der Waals surface area (Å²) in [6.07, 6.45) is 3.24. The van der Waals surface area contributed by atoms with E-state index in [1.165, 1.54) is 6.07 Å². The number of carbonyl (C=O) groups is 1. The molecule has 4 rings (SSSR count). The van der Waals surface area contributed by atoms with Crippen molar-refractivity contribution >= 4 is 17.3 Å². The van der Waals surface area contributed by atoms with E-state index in [0.29, 0.717) is 31.6 Å². The Bertz CT molecular complexity index is 987. The smallest absolute Gasteiger partial charge is 0.292 e. The van der Waals surface area contributed by atoms with Gasteiger partial charge in [0.15, 0.2) is 0 Å². The van der Waals surface area contributed by atoms with Gasteiger partial charge in [0.1, 0.15) is 17.2 Å². The molecule has 0 aromatic heterocycles. The number of carbonyl (C=O) groups excluding carboxylic acids is 1. The van der Waals surface area contributed by atoms with Crippen LogP contribution in [0.3, 0.4) is 0 Å². The molecule has 1 atom stereocenters. The molecule has 8 nitrogen and oxygen atoms in total. The molecular formula is C24H29N3O5. The van der Waals surface area contributed by atoms with Gasteiger partial charge in [-0.1, -0.05) is 12.1 Å². The number of para-hydroxylation sites is 2. The van der Waals surface area contributed by atoms with Crippen LogP contribution in [0.5, 0.6) is 11.5 Å². The Morgan fingerprint density at radius 2 is 1.78 bits per heavy atom. The van der Waals surface area contributed by atoms with E-state index in [1.807, 2.05) is 34.1 Å². The van der Waals surface area contributed by atoms with Crippen LogP contribution in [0.2, 0.25) is 0 Å². The minimum absolute atomic E-state index is 0.00315. The third-order valence-electron chi connectivity index (χ3n) is 6.60. The fourth-order valence-electron chi connectivity index (χ4n) is 4.94. The summed E-state index contributed by atoms with van der Waals surface area (Å²) in [7, 11) is 3.26. The van der Waals surface area contributed by atoms with Gasteiger partial charge in [0.2, 0.25) is 5.91 Å². The summed E-state index contributed by atoms with van der Waals surface area (Å²) in [6, 6.07) is 12.6. The molecule has 2 fully saturated rings. The first kappa shape index (κ1) is 21.9. The molecular weight excluding hydrogens is 410 g/mol. The van der Waals surface area contributed by atoms with Gasteiger partial charge in [-0.15, -0.1) is 0 Å². The van der Waals surface area contributed by atoms with E-state index in [1.54, 1.807) is 26.4 Å². The summed E-state index contributed by atoms with van der Waals surface area (Å²) >= 11 is 0. The quantitative estimate of drug-likeness (QED) is 0.496. The van der Waals surface area contributed by atoms with Crippen LogP contribution in [0.4, 0.5) is 11.4 Å². The molecule has 0 saturated carbocycles. The average Bonchev–Trinajstić information content (AvgIpc) is 3.33. The van der Waals surface area contributed by atoms with Crippen LogP contribution in [0.25, 0.3) is 0 Å². The van der Waals surface area contributed by atoms with Crippen LogP contribution in [0.15, 0.2) is 42.5 Å². The van der Waals surface area contributed by atoms with Gasteiger partial charge < -0.3 is 19.3 Å².